The molecular weight excluding hydrogens is 152 g/mol. The van der Waals surface area contributed by atoms with Crippen LogP contribution >= 0.6 is 0 Å². The van der Waals surface area contributed by atoms with Gasteiger partial charge < -0.3 is 4.84 Å². The Labute approximate surface area is 71.4 Å². The molecule has 1 aromatic carbocycles. The number of benzene rings is 1. The van der Waals surface area contributed by atoms with Gasteiger partial charge in [-0.3, -0.25) is 0 Å². The van der Waals surface area contributed by atoms with Crippen LogP contribution in [0.4, 0.5) is 5.69 Å². The van der Waals surface area contributed by atoms with E-state index in [2.05, 4.69) is 17.0 Å². The van der Waals surface area contributed by atoms with Crippen LogP contribution in [0.25, 0.3) is 0 Å². The molecule has 12 heavy (non-hydrogen) atoms. The molecule has 0 aliphatic rings. The fourth-order valence-corrected chi connectivity index (χ4v) is 0.657. The number of rotatable bonds is 4. The minimum Gasteiger partial charge on any atom is -0.375 e. The van der Waals surface area contributed by atoms with Crippen LogP contribution in [0.5, 0.6) is 0 Å². The number of hydrogen-bond donors (Lipinski definition) is 0. The van der Waals surface area contributed by atoms with E-state index in [0.29, 0.717) is 6.61 Å². The molecule has 0 fully saturated rings. The standard InChI is InChI=1S/C9H10N2O/c1-2-8-12-11-10-9-6-4-3-5-7-9/h2-7H,1,8H2/b11-10+. The summed E-state index contributed by atoms with van der Waals surface area (Å²) in [6.07, 6.45) is 1.62. The molecule has 0 bridgehead atoms. The van der Waals surface area contributed by atoms with Crippen LogP contribution in [0.1, 0.15) is 0 Å². The average molecular weight is 162 g/mol. The first-order valence-electron chi connectivity index (χ1n) is 3.62. The Morgan fingerprint density at radius 2 is 2.08 bits per heavy atom. The van der Waals surface area contributed by atoms with Gasteiger partial charge in [0, 0.05) is 5.28 Å². The molecule has 0 aromatic heterocycles. The van der Waals surface area contributed by atoms with Gasteiger partial charge in [-0.05, 0) is 12.1 Å². The maximum atomic E-state index is 4.73. The molecule has 0 saturated heterocycles. The minimum atomic E-state index is 0.385. The Morgan fingerprint density at radius 3 is 2.75 bits per heavy atom. The van der Waals surface area contributed by atoms with E-state index in [9.17, 15) is 0 Å². The van der Waals surface area contributed by atoms with Gasteiger partial charge in [0.05, 0.1) is 5.69 Å². The second kappa shape index (κ2) is 5.07. The van der Waals surface area contributed by atoms with Crippen molar-refractivity contribution < 1.29 is 4.84 Å². The molecule has 3 heteroatoms. The van der Waals surface area contributed by atoms with Crippen LogP contribution in [0.2, 0.25) is 0 Å². The van der Waals surface area contributed by atoms with Crippen molar-refractivity contribution in [3.05, 3.63) is 43.0 Å². The summed E-state index contributed by atoms with van der Waals surface area (Å²) in [4.78, 5) is 4.73. The summed E-state index contributed by atoms with van der Waals surface area (Å²) in [6, 6.07) is 9.40. The van der Waals surface area contributed by atoms with Crippen molar-refractivity contribution in [3.8, 4) is 0 Å². The Kier molecular flexibility index (Phi) is 3.57. The van der Waals surface area contributed by atoms with Gasteiger partial charge in [-0.1, -0.05) is 30.9 Å². The summed E-state index contributed by atoms with van der Waals surface area (Å²) < 4.78 is 0. The molecule has 0 amide bonds. The zero-order valence-corrected chi connectivity index (χ0v) is 6.68. The van der Waals surface area contributed by atoms with Crippen molar-refractivity contribution in [2.45, 2.75) is 0 Å². The molecule has 0 aliphatic heterocycles. The van der Waals surface area contributed by atoms with Gasteiger partial charge in [0.15, 0.2) is 0 Å². The van der Waals surface area contributed by atoms with Crippen LogP contribution < -0.4 is 0 Å². The minimum absolute atomic E-state index is 0.385. The largest absolute Gasteiger partial charge is 0.375 e. The summed E-state index contributed by atoms with van der Waals surface area (Å²) in [7, 11) is 0. The first-order chi connectivity index (χ1) is 5.93. The van der Waals surface area contributed by atoms with Gasteiger partial charge in [-0.15, -0.1) is 5.11 Å². The Balaban J connectivity index is 2.41. The summed E-state index contributed by atoms with van der Waals surface area (Å²) >= 11 is 0. The van der Waals surface area contributed by atoms with Crippen molar-refractivity contribution in [2.24, 2.45) is 10.4 Å². The van der Waals surface area contributed by atoms with E-state index in [1.807, 2.05) is 30.3 Å². The van der Waals surface area contributed by atoms with E-state index in [-0.39, 0.29) is 0 Å². The second-order valence-electron chi connectivity index (χ2n) is 2.10. The predicted octanol–water partition coefficient (Wildman–Crippen LogP) is 2.89. The van der Waals surface area contributed by atoms with Gasteiger partial charge in [0.2, 0.25) is 0 Å². The number of hydrogen-bond acceptors (Lipinski definition) is 3. The molecule has 0 heterocycles. The smallest absolute Gasteiger partial charge is 0.136 e. The van der Waals surface area contributed by atoms with E-state index in [0.717, 1.165) is 5.69 Å². The van der Waals surface area contributed by atoms with Crippen LogP contribution in [0.3, 0.4) is 0 Å². The van der Waals surface area contributed by atoms with E-state index in [1.54, 1.807) is 6.08 Å². The molecule has 0 N–H and O–H groups in total. The quantitative estimate of drug-likeness (QED) is 0.290. The van der Waals surface area contributed by atoms with Crippen molar-refractivity contribution in [3.63, 3.8) is 0 Å². The van der Waals surface area contributed by atoms with Gasteiger partial charge in [0.25, 0.3) is 0 Å². The Morgan fingerprint density at radius 1 is 1.33 bits per heavy atom. The van der Waals surface area contributed by atoms with E-state index in [1.165, 1.54) is 0 Å². The predicted molar refractivity (Wildman–Crippen MR) is 47.1 cm³/mol. The summed E-state index contributed by atoms with van der Waals surface area (Å²) in [6.45, 7) is 3.86. The highest BCUT2D eigenvalue weighted by Gasteiger charge is 1.83. The molecule has 62 valence electrons. The zero-order chi connectivity index (χ0) is 8.65. The lowest BCUT2D eigenvalue weighted by molar-refractivity contribution is 0.154. The fourth-order valence-electron chi connectivity index (χ4n) is 0.657. The second-order valence-corrected chi connectivity index (χ2v) is 2.10. The lowest BCUT2D eigenvalue weighted by Gasteiger charge is -1.90. The monoisotopic (exact) mass is 162 g/mol. The highest BCUT2D eigenvalue weighted by Crippen LogP contribution is 2.09. The van der Waals surface area contributed by atoms with E-state index in [4.69, 9.17) is 4.84 Å². The van der Waals surface area contributed by atoms with E-state index >= 15 is 0 Å². The summed E-state index contributed by atoms with van der Waals surface area (Å²) in [5.74, 6) is 0. The maximum Gasteiger partial charge on any atom is 0.136 e. The normalized spacial score (nSPS) is 10.0. The lowest BCUT2D eigenvalue weighted by Crippen LogP contribution is -1.77. The van der Waals surface area contributed by atoms with Crippen molar-refractivity contribution >= 4 is 5.69 Å². The average Bonchev–Trinajstić information content (AvgIpc) is 2.14. The van der Waals surface area contributed by atoms with Crippen LogP contribution in [-0.2, 0) is 4.84 Å². The first-order valence-corrected chi connectivity index (χ1v) is 3.62. The SMILES string of the molecule is C=CCO/N=N/c1ccccc1. The highest BCUT2D eigenvalue weighted by molar-refractivity contribution is 5.34. The van der Waals surface area contributed by atoms with Crippen LogP contribution in [0, 0.1) is 0 Å². The zero-order valence-electron chi connectivity index (χ0n) is 6.68. The van der Waals surface area contributed by atoms with Crippen molar-refractivity contribution in [1.82, 2.24) is 0 Å². The molecule has 0 radical (unpaired) electrons. The summed E-state index contributed by atoms with van der Waals surface area (Å²) in [5, 5.41) is 7.28. The summed E-state index contributed by atoms with van der Waals surface area (Å²) in [5.41, 5.74) is 0.779. The molecule has 1 rings (SSSR count). The topological polar surface area (TPSA) is 34.0 Å². The van der Waals surface area contributed by atoms with Crippen molar-refractivity contribution in [1.29, 1.82) is 0 Å². The fraction of sp³-hybridized carbons (Fsp3) is 0.111. The Bertz CT molecular complexity index is 256. The van der Waals surface area contributed by atoms with Gasteiger partial charge in [-0.25, -0.2) is 0 Å². The number of nitrogens with zero attached hydrogens (tertiary/aromatic N) is 2. The maximum absolute atomic E-state index is 4.73. The molecular formula is C9H10N2O. The first kappa shape index (κ1) is 8.46. The molecule has 1 aromatic rings. The molecule has 0 saturated carbocycles. The lowest BCUT2D eigenvalue weighted by atomic mass is 10.3. The molecule has 0 spiro atoms. The van der Waals surface area contributed by atoms with Gasteiger partial charge in [-0.2, -0.15) is 0 Å². The highest BCUT2D eigenvalue weighted by atomic mass is 16.6. The van der Waals surface area contributed by atoms with Crippen LogP contribution in [-0.4, -0.2) is 6.61 Å². The molecule has 0 unspecified atom stereocenters. The van der Waals surface area contributed by atoms with Crippen LogP contribution in [0.15, 0.2) is 53.4 Å². The molecule has 3 nitrogen and oxygen atoms in total. The Hall–Kier alpha value is -1.64. The van der Waals surface area contributed by atoms with E-state index < -0.39 is 0 Å². The molecule has 0 aliphatic carbocycles. The van der Waals surface area contributed by atoms with Crippen molar-refractivity contribution in [2.75, 3.05) is 6.61 Å². The molecule has 0 atom stereocenters. The third-order valence-electron chi connectivity index (χ3n) is 1.16. The third-order valence-corrected chi connectivity index (χ3v) is 1.16. The van der Waals surface area contributed by atoms with Gasteiger partial charge in [0.1, 0.15) is 6.61 Å². The third kappa shape index (κ3) is 2.96. The van der Waals surface area contributed by atoms with Gasteiger partial charge >= 0.3 is 0 Å².